The van der Waals surface area contributed by atoms with Crippen molar-refractivity contribution in [2.75, 3.05) is 53.9 Å². The van der Waals surface area contributed by atoms with E-state index in [9.17, 15) is 4.79 Å². The first kappa shape index (κ1) is 20.0. The van der Waals surface area contributed by atoms with E-state index < -0.39 is 11.9 Å². The monoisotopic (exact) mass is 369 g/mol. The molecule has 7 nitrogen and oxygen atoms in total. The van der Waals surface area contributed by atoms with Crippen molar-refractivity contribution in [2.24, 2.45) is 0 Å². The van der Waals surface area contributed by atoms with Crippen LogP contribution in [0.3, 0.4) is 0 Å². The predicted molar refractivity (Wildman–Crippen MR) is 99.0 cm³/mol. The number of likely N-dealkylation sites (tertiary alicyclic amines) is 1. The molecule has 26 heavy (non-hydrogen) atoms. The van der Waals surface area contributed by atoms with Crippen molar-refractivity contribution in [2.45, 2.75) is 63.3 Å². The summed E-state index contributed by atoms with van der Waals surface area (Å²) in [5.41, 5.74) is 0. The van der Waals surface area contributed by atoms with Gasteiger partial charge in [0.1, 0.15) is 12.2 Å². The topological polar surface area (TPSA) is 54.5 Å². The molecular formula is C19H35N3O4. The number of hydrogen-bond donors (Lipinski definition) is 0. The molecule has 0 spiro atoms. The first-order valence-electron chi connectivity index (χ1n) is 9.88. The summed E-state index contributed by atoms with van der Waals surface area (Å²) >= 11 is 0. The Bertz CT molecular complexity index is 491. The van der Waals surface area contributed by atoms with Gasteiger partial charge in [-0.1, -0.05) is 0 Å². The number of nitrogens with zero attached hydrogens (tertiary/aromatic N) is 3. The summed E-state index contributed by atoms with van der Waals surface area (Å²) in [5, 5.41) is 0. The van der Waals surface area contributed by atoms with Gasteiger partial charge in [0.25, 0.3) is 5.91 Å². The minimum atomic E-state index is -0.638. The van der Waals surface area contributed by atoms with Gasteiger partial charge in [-0.25, -0.2) is 0 Å². The van der Waals surface area contributed by atoms with Crippen LogP contribution < -0.4 is 0 Å². The Balaban J connectivity index is 1.67. The molecule has 0 bridgehead atoms. The van der Waals surface area contributed by atoms with Gasteiger partial charge < -0.3 is 28.9 Å². The van der Waals surface area contributed by atoms with Gasteiger partial charge in [0.15, 0.2) is 11.9 Å². The highest BCUT2D eigenvalue weighted by atomic mass is 16.8. The molecule has 3 aliphatic rings. The van der Waals surface area contributed by atoms with E-state index in [1.807, 2.05) is 13.8 Å². The Hall–Kier alpha value is -0.730. The Morgan fingerprint density at radius 1 is 1.15 bits per heavy atom. The molecule has 0 saturated carbocycles. The molecule has 0 aromatic carbocycles. The summed E-state index contributed by atoms with van der Waals surface area (Å²) in [5.74, 6) is -0.562. The van der Waals surface area contributed by atoms with Gasteiger partial charge in [0.2, 0.25) is 0 Å². The van der Waals surface area contributed by atoms with Gasteiger partial charge in [-0.3, -0.25) is 4.79 Å². The zero-order valence-electron chi connectivity index (χ0n) is 16.9. The van der Waals surface area contributed by atoms with Crippen LogP contribution >= 0.6 is 0 Å². The van der Waals surface area contributed by atoms with E-state index in [-0.39, 0.29) is 18.1 Å². The lowest BCUT2D eigenvalue weighted by Gasteiger charge is -2.39. The number of carbonyl (C=O) groups excluding carboxylic acids is 1. The standard InChI is InChI=1S/C19H35N3O4/c1-19(2)25-15-13-24-17(16(15)26-19)18(23)22(10-6-9-20(3)4)14-7-11-21(5)12-8-14/h14-17H,6-13H2,1-5H3. The van der Waals surface area contributed by atoms with Crippen LogP contribution in [-0.4, -0.2) is 105 Å². The largest absolute Gasteiger partial charge is 0.363 e. The molecular weight excluding hydrogens is 334 g/mol. The van der Waals surface area contributed by atoms with Crippen LogP contribution in [0.2, 0.25) is 0 Å². The van der Waals surface area contributed by atoms with Gasteiger partial charge >= 0.3 is 0 Å². The molecule has 0 aliphatic carbocycles. The van der Waals surface area contributed by atoms with Crippen molar-refractivity contribution >= 4 is 5.91 Å². The molecule has 3 rings (SSSR count). The minimum absolute atomic E-state index is 0.0760. The quantitative estimate of drug-likeness (QED) is 0.690. The summed E-state index contributed by atoms with van der Waals surface area (Å²) < 4.78 is 17.7. The zero-order chi connectivity index (χ0) is 18.9. The number of ether oxygens (including phenoxy) is 3. The van der Waals surface area contributed by atoms with Gasteiger partial charge in [-0.15, -0.1) is 0 Å². The molecule has 3 aliphatic heterocycles. The Morgan fingerprint density at radius 2 is 1.85 bits per heavy atom. The highest BCUT2D eigenvalue weighted by Crippen LogP contribution is 2.36. The molecule has 0 N–H and O–H groups in total. The van der Waals surface area contributed by atoms with Gasteiger partial charge in [0, 0.05) is 12.6 Å². The number of hydrogen-bond acceptors (Lipinski definition) is 6. The molecule has 3 unspecified atom stereocenters. The Morgan fingerprint density at radius 3 is 2.50 bits per heavy atom. The van der Waals surface area contributed by atoms with Crippen LogP contribution in [0.1, 0.15) is 33.1 Å². The summed E-state index contributed by atoms with van der Waals surface area (Å²) in [4.78, 5) is 20.0. The Labute approximate surface area is 157 Å². The van der Waals surface area contributed by atoms with Crippen molar-refractivity contribution in [3.63, 3.8) is 0 Å². The molecule has 3 heterocycles. The van der Waals surface area contributed by atoms with E-state index in [1.54, 1.807) is 0 Å². The highest BCUT2D eigenvalue weighted by Gasteiger charge is 2.53. The molecule has 3 saturated heterocycles. The fourth-order valence-electron chi connectivity index (χ4n) is 4.25. The lowest BCUT2D eigenvalue weighted by Crippen LogP contribution is -2.52. The van der Waals surface area contributed by atoms with Crippen LogP contribution in [0.25, 0.3) is 0 Å². The van der Waals surface area contributed by atoms with Crippen molar-refractivity contribution in [3.05, 3.63) is 0 Å². The highest BCUT2D eigenvalue weighted by molar-refractivity contribution is 5.82. The maximum atomic E-state index is 13.4. The Kier molecular flexibility index (Phi) is 6.24. The zero-order valence-corrected chi connectivity index (χ0v) is 16.9. The van der Waals surface area contributed by atoms with Gasteiger partial charge in [-0.05, 0) is 73.9 Å². The van der Waals surface area contributed by atoms with E-state index in [4.69, 9.17) is 14.2 Å². The minimum Gasteiger partial charge on any atom is -0.363 e. The van der Waals surface area contributed by atoms with E-state index in [2.05, 4.69) is 35.8 Å². The van der Waals surface area contributed by atoms with E-state index in [1.165, 1.54) is 0 Å². The average molecular weight is 370 g/mol. The second kappa shape index (κ2) is 8.10. The predicted octanol–water partition coefficient (Wildman–Crippen LogP) is 0.780. The molecule has 0 radical (unpaired) electrons. The van der Waals surface area contributed by atoms with Crippen molar-refractivity contribution < 1.29 is 19.0 Å². The normalized spacial score (nSPS) is 32.2. The number of carbonyl (C=O) groups is 1. The number of fused-ring (bicyclic) bond motifs is 1. The summed E-state index contributed by atoms with van der Waals surface area (Å²) in [6.07, 6.45) is 2.04. The van der Waals surface area contributed by atoms with Crippen LogP contribution in [0.15, 0.2) is 0 Å². The maximum absolute atomic E-state index is 13.4. The number of piperidine rings is 1. The first-order valence-corrected chi connectivity index (χ1v) is 9.88. The van der Waals surface area contributed by atoms with Crippen LogP contribution in [0, 0.1) is 0 Å². The fourth-order valence-corrected chi connectivity index (χ4v) is 4.25. The molecule has 150 valence electrons. The molecule has 7 heteroatoms. The summed E-state index contributed by atoms with van der Waals surface area (Å²) in [7, 11) is 6.28. The fraction of sp³-hybridized carbons (Fsp3) is 0.947. The molecule has 0 aromatic heterocycles. The number of rotatable bonds is 6. The second-order valence-corrected chi connectivity index (χ2v) is 8.62. The lowest BCUT2D eigenvalue weighted by atomic mass is 10.0. The third-order valence-corrected chi connectivity index (χ3v) is 5.62. The van der Waals surface area contributed by atoms with E-state index >= 15 is 0 Å². The second-order valence-electron chi connectivity index (χ2n) is 8.62. The molecule has 1 amide bonds. The van der Waals surface area contributed by atoms with Gasteiger partial charge in [-0.2, -0.15) is 0 Å². The number of amides is 1. The van der Waals surface area contributed by atoms with E-state index in [0.717, 1.165) is 45.4 Å². The maximum Gasteiger partial charge on any atom is 0.254 e. The van der Waals surface area contributed by atoms with Crippen LogP contribution in [0.5, 0.6) is 0 Å². The van der Waals surface area contributed by atoms with Gasteiger partial charge in [0.05, 0.1) is 6.61 Å². The third kappa shape index (κ3) is 4.57. The summed E-state index contributed by atoms with van der Waals surface area (Å²) in [6, 6.07) is 0.291. The van der Waals surface area contributed by atoms with Crippen molar-refractivity contribution in [1.82, 2.24) is 14.7 Å². The molecule has 0 aromatic rings. The molecule has 3 fully saturated rings. The van der Waals surface area contributed by atoms with E-state index in [0.29, 0.717) is 12.6 Å². The third-order valence-electron chi connectivity index (χ3n) is 5.62. The summed E-state index contributed by atoms with van der Waals surface area (Å²) in [6.45, 7) is 8.05. The first-order chi connectivity index (χ1) is 12.3. The average Bonchev–Trinajstić information content (AvgIpc) is 3.07. The smallest absolute Gasteiger partial charge is 0.254 e. The SMILES string of the molecule is CN(C)CCCN(C(=O)C1OCC2OC(C)(C)OC21)C1CCN(C)CC1. The van der Waals surface area contributed by atoms with Crippen molar-refractivity contribution in [1.29, 1.82) is 0 Å². The van der Waals surface area contributed by atoms with Crippen molar-refractivity contribution in [3.8, 4) is 0 Å². The molecule has 3 atom stereocenters. The van der Waals surface area contributed by atoms with Crippen LogP contribution in [-0.2, 0) is 19.0 Å². The van der Waals surface area contributed by atoms with Crippen LogP contribution in [0.4, 0.5) is 0 Å². The lowest BCUT2D eigenvalue weighted by molar-refractivity contribution is -0.182.